The van der Waals surface area contributed by atoms with Crippen LogP contribution in [0, 0.1) is 17.8 Å². The van der Waals surface area contributed by atoms with Crippen molar-refractivity contribution in [2.75, 3.05) is 43.9 Å². The van der Waals surface area contributed by atoms with Crippen LogP contribution in [0.15, 0.2) is 47.4 Å². The maximum Gasteiger partial charge on any atom is 0.406 e. The first-order chi connectivity index (χ1) is 21.6. The number of carbonyl (C=O) groups excluding carboxylic acids is 1. The van der Waals surface area contributed by atoms with Gasteiger partial charge >= 0.3 is 12.1 Å². The third kappa shape index (κ3) is 9.31. The highest BCUT2D eigenvalue weighted by Crippen LogP contribution is 2.32. The number of likely N-dealkylation sites (tertiary alicyclic amines) is 1. The molecule has 1 fully saturated rings. The second-order valence-corrected chi connectivity index (χ2v) is 13.2. The summed E-state index contributed by atoms with van der Waals surface area (Å²) in [7, 11) is -2.55. The molecule has 1 unspecified atom stereocenters. The third-order valence-corrected chi connectivity index (χ3v) is 8.53. The molecular weight excluding hydrogens is 623 g/mol. The van der Waals surface area contributed by atoms with Gasteiger partial charge in [-0.3, -0.25) is 9.69 Å². The van der Waals surface area contributed by atoms with Crippen LogP contribution in [0.5, 0.6) is 5.75 Å². The molecule has 250 valence electrons. The molecule has 1 atom stereocenters. The zero-order valence-electron chi connectivity index (χ0n) is 26.3. The van der Waals surface area contributed by atoms with Crippen LogP contribution in [0.2, 0.25) is 0 Å². The molecule has 0 aliphatic carbocycles. The van der Waals surface area contributed by atoms with Crippen molar-refractivity contribution in [1.29, 1.82) is 0 Å². The van der Waals surface area contributed by atoms with Gasteiger partial charge in [-0.25, -0.2) is 13.6 Å². The molecule has 2 heterocycles. The number of hydrogen-bond acceptors (Lipinski definition) is 8. The molecule has 1 aliphatic heterocycles. The number of hydrogen-bond donors (Lipinski definition) is 3. The number of ether oxygens (including phenoxy) is 2. The first-order valence-corrected chi connectivity index (χ1v) is 16.5. The number of nitrogens with two attached hydrogens (primary N) is 1. The number of rotatable bonds is 11. The van der Waals surface area contributed by atoms with E-state index in [4.69, 9.17) is 14.6 Å². The highest BCUT2D eigenvalue weighted by molar-refractivity contribution is 7.89. The number of piperidine rings is 1. The Bertz CT molecular complexity index is 1700. The molecule has 4 N–H and O–H groups in total. The molecule has 3 aromatic rings. The molecule has 0 spiro atoms. The second-order valence-electron chi connectivity index (χ2n) is 11.7. The molecule has 0 bridgehead atoms. The number of esters is 1. The van der Waals surface area contributed by atoms with Gasteiger partial charge in [0.1, 0.15) is 18.4 Å². The van der Waals surface area contributed by atoms with Gasteiger partial charge < -0.3 is 24.7 Å². The number of anilines is 2. The molecule has 1 saturated heterocycles. The summed E-state index contributed by atoms with van der Waals surface area (Å²) in [5.74, 6) is 5.57. The molecule has 0 saturated carbocycles. The Labute approximate surface area is 267 Å². The van der Waals surface area contributed by atoms with Crippen molar-refractivity contribution in [3.63, 3.8) is 0 Å². The molecule has 0 radical (unpaired) electrons. The molecular formula is C32H40F3N5O5S. The van der Waals surface area contributed by atoms with Gasteiger partial charge in [-0.1, -0.05) is 25.8 Å². The van der Waals surface area contributed by atoms with Crippen molar-refractivity contribution in [1.82, 2.24) is 9.47 Å². The van der Waals surface area contributed by atoms with Crippen LogP contribution < -0.4 is 20.5 Å². The number of aromatic nitrogens is 1. The summed E-state index contributed by atoms with van der Waals surface area (Å²) in [6, 6.07) is 11.1. The van der Waals surface area contributed by atoms with Crippen LogP contribution in [-0.2, 0) is 26.1 Å². The summed E-state index contributed by atoms with van der Waals surface area (Å²) in [5, 5.41) is 12.4. The average molecular weight is 664 g/mol. The lowest BCUT2D eigenvalue weighted by Gasteiger charge is -2.34. The monoisotopic (exact) mass is 663 g/mol. The van der Waals surface area contributed by atoms with Gasteiger partial charge in [0.15, 0.2) is 0 Å². The van der Waals surface area contributed by atoms with Gasteiger partial charge in [0.2, 0.25) is 10.0 Å². The topological polar surface area (TPSA) is 128 Å². The van der Waals surface area contributed by atoms with E-state index in [0.717, 1.165) is 36.2 Å². The number of methoxy groups -OCH3 is 1. The summed E-state index contributed by atoms with van der Waals surface area (Å²) in [6.45, 7) is 6.59. The highest BCUT2D eigenvalue weighted by Gasteiger charge is 2.30. The number of benzene rings is 2. The van der Waals surface area contributed by atoms with E-state index in [0.29, 0.717) is 23.1 Å². The number of fused-ring (bicyclic) bond motifs is 1. The predicted octanol–water partition coefficient (Wildman–Crippen LogP) is 4.79. The smallest absolute Gasteiger partial charge is 0.406 e. The number of alkyl halides is 3. The molecule has 0 amide bonds. The normalized spacial score (nSPS) is 15.3. The minimum atomic E-state index is -4.46. The van der Waals surface area contributed by atoms with Crippen LogP contribution in [0.1, 0.15) is 39.3 Å². The van der Waals surface area contributed by atoms with Crippen molar-refractivity contribution in [2.45, 2.75) is 63.4 Å². The Morgan fingerprint density at radius 2 is 1.83 bits per heavy atom. The fraction of sp³-hybridized carbons (Fsp3) is 0.469. The van der Waals surface area contributed by atoms with Crippen molar-refractivity contribution in [3.8, 4) is 17.6 Å². The zero-order chi connectivity index (χ0) is 33.6. The molecule has 1 aliphatic rings. The van der Waals surface area contributed by atoms with Gasteiger partial charge in [0, 0.05) is 42.8 Å². The summed E-state index contributed by atoms with van der Waals surface area (Å²) in [4.78, 5) is 14.0. The van der Waals surface area contributed by atoms with Crippen LogP contribution in [0.3, 0.4) is 0 Å². The van der Waals surface area contributed by atoms with E-state index in [1.807, 2.05) is 13.0 Å². The Morgan fingerprint density at radius 3 is 2.46 bits per heavy atom. The van der Waals surface area contributed by atoms with E-state index in [-0.39, 0.29) is 46.9 Å². The SMILES string of the molecule is COc1cc(S(N)(=O)=O)ccc1NCC#Cc1cc2c(NC3CCN(CC(C)OC(=O)C(C)C)CC3)cccc2n1CC(F)(F)F. The quantitative estimate of drug-likeness (QED) is 0.198. The van der Waals surface area contributed by atoms with Crippen LogP contribution in [0.4, 0.5) is 24.5 Å². The van der Waals surface area contributed by atoms with Crippen LogP contribution >= 0.6 is 0 Å². The van der Waals surface area contributed by atoms with E-state index in [1.165, 1.54) is 25.3 Å². The van der Waals surface area contributed by atoms with Gasteiger partial charge in [-0.05, 0) is 56.0 Å². The van der Waals surface area contributed by atoms with Crippen molar-refractivity contribution >= 4 is 38.3 Å². The van der Waals surface area contributed by atoms with E-state index >= 15 is 0 Å². The lowest BCUT2D eigenvalue weighted by molar-refractivity contribution is -0.153. The highest BCUT2D eigenvalue weighted by atomic mass is 32.2. The minimum Gasteiger partial charge on any atom is -0.495 e. The molecule has 1 aromatic heterocycles. The maximum atomic E-state index is 13.7. The van der Waals surface area contributed by atoms with Crippen molar-refractivity contribution in [3.05, 3.63) is 48.2 Å². The summed E-state index contributed by atoms with van der Waals surface area (Å²) < 4.78 is 76.1. The van der Waals surface area contributed by atoms with Crippen LogP contribution in [-0.4, -0.2) is 75.5 Å². The average Bonchev–Trinajstić information content (AvgIpc) is 3.32. The molecule has 4 rings (SSSR count). The van der Waals surface area contributed by atoms with Gasteiger partial charge in [0.05, 0.1) is 41.4 Å². The summed E-state index contributed by atoms with van der Waals surface area (Å²) in [6.07, 6.45) is -3.03. The van der Waals surface area contributed by atoms with E-state index in [9.17, 15) is 26.4 Å². The predicted molar refractivity (Wildman–Crippen MR) is 171 cm³/mol. The fourth-order valence-electron chi connectivity index (χ4n) is 5.35. The fourth-order valence-corrected chi connectivity index (χ4v) is 5.88. The Morgan fingerprint density at radius 1 is 1.11 bits per heavy atom. The Kier molecular flexibility index (Phi) is 11.1. The Balaban J connectivity index is 1.47. The number of carbonyl (C=O) groups is 1. The molecule has 14 heteroatoms. The van der Waals surface area contributed by atoms with Crippen molar-refractivity contribution in [2.24, 2.45) is 11.1 Å². The third-order valence-electron chi connectivity index (χ3n) is 7.62. The van der Waals surface area contributed by atoms with E-state index in [1.54, 1.807) is 32.0 Å². The summed E-state index contributed by atoms with van der Waals surface area (Å²) >= 11 is 0. The standard InChI is InChI=1S/C32H40F3N5O5S/c1-21(2)31(41)45-22(3)19-39-15-12-23(13-16-39)38-27-8-5-9-29-26(27)17-24(40(29)20-32(33,34)35)7-6-14-37-28-11-10-25(46(36,42)43)18-30(28)44-4/h5,8-11,17-18,21-23,37-38H,12-16,19-20H2,1-4H3,(H2,36,42,43). The van der Waals surface area contributed by atoms with E-state index < -0.39 is 22.7 Å². The minimum absolute atomic E-state index is 0.0532. The Hall–Kier alpha value is -3.93. The number of halogens is 3. The van der Waals surface area contributed by atoms with E-state index in [2.05, 4.69) is 27.4 Å². The second kappa shape index (κ2) is 14.7. The zero-order valence-corrected chi connectivity index (χ0v) is 27.1. The number of nitrogens with zero attached hydrogens (tertiary/aromatic N) is 2. The maximum absolute atomic E-state index is 13.7. The largest absolute Gasteiger partial charge is 0.495 e. The summed E-state index contributed by atoms with van der Waals surface area (Å²) in [5.41, 5.74) is 1.80. The first kappa shape index (κ1) is 34.9. The van der Waals surface area contributed by atoms with Gasteiger partial charge in [-0.15, -0.1) is 0 Å². The lowest BCUT2D eigenvalue weighted by atomic mass is 10.0. The van der Waals surface area contributed by atoms with Gasteiger partial charge in [0.25, 0.3) is 0 Å². The number of nitrogens with one attached hydrogen (secondary N) is 2. The molecule has 2 aromatic carbocycles. The van der Waals surface area contributed by atoms with Crippen LogP contribution in [0.25, 0.3) is 10.9 Å². The van der Waals surface area contributed by atoms with Crippen molar-refractivity contribution < 1.29 is 35.9 Å². The number of primary sulfonamides is 1. The number of sulfonamides is 1. The van der Waals surface area contributed by atoms with Gasteiger partial charge in [-0.2, -0.15) is 13.2 Å². The molecule has 46 heavy (non-hydrogen) atoms. The molecule has 10 nitrogen and oxygen atoms in total. The first-order valence-electron chi connectivity index (χ1n) is 15.0. The lowest BCUT2D eigenvalue weighted by Crippen LogP contribution is -2.43.